The Labute approximate surface area is 150 Å². The molecule has 0 aromatic heterocycles. The molecule has 2 aliphatic carbocycles. The monoisotopic (exact) mass is 364 g/mol. The molecule has 3 rings (SSSR count). The molecule has 0 radical (unpaired) electrons. The van der Waals surface area contributed by atoms with Gasteiger partial charge < -0.3 is 5.32 Å². The zero-order chi connectivity index (χ0) is 17.7. The van der Waals surface area contributed by atoms with Gasteiger partial charge in [-0.05, 0) is 49.9 Å². The van der Waals surface area contributed by atoms with Crippen molar-refractivity contribution in [1.82, 2.24) is 4.72 Å². The number of hydrogen-bond acceptors (Lipinski definition) is 3. The number of rotatable bonds is 5. The van der Waals surface area contributed by atoms with Crippen LogP contribution in [-0.2, 0) is 14.8 Å². The zero-order valence-corrected chi connectivity index (χ0v) is 15.5. The summed E-state index contributed by atoms with van der Waals surface area (Å²) < 4.78 is 27.8. The maximum absolute atomic E-state index is 12.5. The molecular weight excluding hydrogens is 336 g/mol. The van der Waals surface area contributed by atoms with Crippen molar-refractivity contribution in [3.63, 3.8) is 0 Å². The number of carbonyl (C=O) groups is 1. The van der Waals surface area contributed by atoms with Gasteiger partial charge in [0.25, 0.3) is 0 Å². The highest BCUT2D eigenvalue weighted by Gasteiger charge is 2.23. The lowest BCUT2D eigenvalue weighted by atomic mass is 9.88. The van der Waals surface area contributed by atoms with Crippen LogP contribution in [0.4, 0.5) is 5.69 Å². The molecule has 138 valence electrons. The van der Waals surface area contributed by atoms with Crippen molar-refractivity contribution >= 4 is 21.6 Å². The molecule has 0 aliphatic heterocycles. The number of amides is 1. The standard InChI is InChI=1S/C19H28N2O3S/c22-19(15-7-3-1-4-8-15)20-16-11-13-18(14-12-16)25(23,24)21-17-9-5-2-6-10-17/h11-15,17,21H,1-10H2,(H,20,22). The van der Waals surface area contributed by atoms with Gasteiger partial charge in [0.2, 0.25) is 15.9 Å². The van der Waals surface area contributed by atoms with Gasteiger partial charge in [0, 0.05) is 17.6 Å². The predicted octanol–water partition coefficient (Wildman–Crippen LogP) is 3.82. The van der Waals surface area contributed by atoms with Gasteiger partial charge in [-0.15, -0.1) is 0 Å². The first-order valence-electron chi connectivity index (χ1n) is 9.48. The highest BCUT2D eigenvalue weighted by atomic mass is 32.2. The smallest absolute Gasteiger partial charge is 0.240 e. The van der Waals surface area contributed by atoms with E-state index >= 15 is 0 Å². The third-order valence-electron chi connectivity index (χ3n) is 5.34. The van der Waals surface area contributed by atoms with Gasteiger partial charge in [0.1, 0.15) is 0 Å². The van der Waals surface area contributed by atoms with Gasteiger partial charge in [0.05, 0.1) is 4.90 Å². The maximum atomic E-state index is 12.5. The first kappa shape index (κ1) is 18.4. The Morgan fingerprint density at radius 3 is 2.00 bits per heavy atom. The quantitative estimate of drug-likeness (QED) is 0.834. The molecule has 0 spiro atoms. The van der Waals surface area contributed by atoms with E-state index in [1.807, 2.05) is 0 Å². The minimum atomic E-state index is -3.49. The molecular formula is C19H28N2O3S. The van der Waals surface area contributed by atoms with E-state index in [2.05, 4.69) is 10.0 Å². The molecule has 0 saturated heterocycles. The third kappa shape index (κ3) is 5.05. The maximum Gasteiger partial charge on any atom is 0.240 e. The summed E-state index contributed by atoms with van der Waals surface area (Å²) in [6.45, 7) is 0. The lowest BCUT2D eigenvalue weighted by Crippen LogP contribution is -2.36. The molecule has 1 aromatic carbocycles. The van der Waals surface area contributed by atoms with Crippen molar-refractivity contribution in [1.29, 1.82) is 0 Å². The van der Waals surface area contributed by atoms with Gasteiger partial charge in [-0.3, -0.25) is 4.79 Å². The fourth-order valence-electron chi connectivity index (χ4n) is 3.83. The molecule has 0 unspecified atom stereocenters. The highest BCUT2D eigenvalue weighted by molar-refractivity contribution is 7.89. The Morgan fingerprint density at radius 2 is 1.40 bits per heavy atom. The van der Waals surface area contributed by atoms with Crippen molar-refractivity contribution in [3.8, 4) is 0 Å². The second-order valence-electron chi connectivity index (χ2n) is 7.30. The van der Waals surface area contributed by atoms with E-state index in [0.29, 0.717) is 5.69 Å². The largest absolute Gasteiger partial charge is 0.326 e. The van der Waals surface area contributed by atoms with Gasteiger partial charge in [-0.1, -0.05) is 38.5 Å². The van der Waals surface area contributed by atoms with Gasteiger partial charge in [-0.2, -0.15) is 0 Å². The van der Waals surface area contributed by atoms with Crippen LogP contribution in [0, 0.1) is 5.92 Å². The first-order chi connectivity index (χ1) is 12.0. The predicted molar refractivity (Wildman–Crippen MR) is 98.8 cm³/mol. The fraction of sp³-hybridized carbons (Fsp3) is 0.632. The van der Waals surface area contributed by atoms with Crippen molar-refractivity contribution < 1.29 is 13.2 Å². The Balaban J connectivity index is 1.59. The molecule has 6 heteroatoms. The summed E-state index contributed by atoms with van der Waals surface area (Å²) in [5.41, 5.74) is 0.659. The minimum absolute atomic E-state index is 0.0458. The first-order valence-corrected chi connectivity index (χ1v) is 11.0. The van der Waals surface area contributed by atoms with Gasteiger partial charge in [-0.25, -0.2) is 13.1 Å². The Hall–Kier alpha value is -1.40. The van der Waals surface area contributed by atoms with Crippen LogP contribution in [-0.4, -0.2) is 20.4 Å². The molecule has 25 heavy (non-hydrogen) atoms. The Kier molecular flexibility index (Phi) is 6.12. The summed E-state index contributed by atoms with van der Waals surface area (Å²) in [6, 6.07) is 6.54. The number of nitrogens with one attached hydrogen (secondary N) is 2. The lowest BCUT2D eigenvalue weighted by Gasteiger charge is -2.22. The zero-order valence-electron chi connectivity index (χ0n) is 14.7. The number of anilines is 1. The number of hydrogen-bond donors (Lipinski definition) is 2. The fourth-order valence-corrected chi connectivity index (χ4v) is 5.14. The average molecular weight is 365 g/mol. The molecule has 0 heterocycles. The summed E-state index contributed by atoms with van der Waals surface area (Å²) in [5.74, 6) is 0.140. The van der Waals surface area contributed by atoms with E-state index < -0.39 is 10.0 Å². The Morgan fingerprint density at radius 1 is 0.840 bits per heavy atom. The van der Waals surface area contributed by atoms with Crippen LogP contribution in [0.1, 0.15) is 64.2 Å². The van der Waals surface area contributed by atoms with Crippen LogP contribution >= 0.6 is 0 Å². The molecule has 0 atom stereocenters. The van der Waals surface area contributed by atoms with Gasteiger partial charge in [0.15, 0.2) is 0 Å². The van der Waals surface area contributed by atoms with E-state index in [1.54, 1.807) is 24.3 Å². The van der Waals surface area contributed by atoms with E-state index in [0.717, 1.165) is 51.4 Å². The molecule has 2 saturated carbocycles. The second-order valence-corrected chi connectivity index (χ2v) is 9.02. The lowest BCUT2D eigenvalue weighted by molar-refractivity contribution is -0.120. The SMILES string of the molecule is O=C(Nc1ccc(S(=O)(=O)NC2CCCCC2)cc1)C1CCCCC1. The molecule has 2 fully saturated rings. The molecule has 1 amide bonds. The topological polar surface area (TPSA) is 75.3 Å². The van der Waals surface area contributed by atoms with Gasteiger partial charge >= 0.3 is 0 Å². The summed E-state index contributed by atoms with van der Waals surface area (Å²) in [6.07, 6.45) is 10.5. The van der Waals surface area contributed by atoms with E-state index in [4.69, 9.17) is 0 Å². The molecule has 2 aliphatic rings. The van der Waals surface area contributed by atoms with E-state index in [-0.39, 0.29) is 22.8 Å². The molecule has 2 N–H and O–H groups in total. The molecule has 5 nitrogen and oxygen atoms in total. The summed E-state index contributed by atoms with van der Waals surface area (Å²) in [7, 11) is -3.49. The van der Waals surface area contributed by atoms with E-state index in [1.165, 1.54) is 12.8 Å². The van der Waals surface area contributed by atoms with Crippen molar-refractivity contribution in [2.75, 3.05) is 5.32 Å². The second kappa shape index (κ2) is 8.32. The van der Waals surface area contributed by atoms with Crippen molar-refractivity contribution in [2.45, 2.75) is 75.1 Å². The number of benzene rings is 1. The summed E-state index contributed by atoms with van der Waals surface area (Å²) >= 11 is 0. The van der Waals surface area contributed by atoms with Crippen LogP contribution in [0.15, 0.2) is 29.2 Å². The number of sulfonamides is 1. The van der Waals surface area contributed by atoms with Crippen molar-refractivity contribution in [2.24, 2.45) is 5.92 Å². The average Bonchev–Trinajstić information content (AvgIpc) is 2.63. The van der Waals surface area contributed by atoms with Crippen LogP contribution in [0.25, 0.3) is 0 Å². The van der Waals surface area contributed by atoms with E-state index in [9.17, 15) is 13.2 Å². The molecule has 1 aromatic rings. The third-order valence-corrected chi connectivity index (χ3v) is 6.87. The van der Waals surface area contributed by atoms with Crippen LogP contribution in [0.2, 0.25) is 0 Å². The van der Waals surface area contributed by atoms with Crippen LogP contribution in [0.5, 0.6) is 0 Å². The Bertz CT molecular complexity index is 673. The minimum Gasteiger partial charge on any atom is -0.326 e. The van der Waals surface area contributed by atoms with Crippen LogP contribution < -0.4 is 10.0 Å². The summed E-state index contributed by atoms with van der Waals surface area (Å²) in [4.78, 5) is 12.5. The summed E-state index contributed by atoms with van der Waals surface area (Å²) in [5, 5.41) is 2.92. The molecule has 0 bridgehead atoms. The highest BCUT2D eigenvalue weighted by Crippen LogP contribution is 2.25. The van der Waals surface area contributed by atoms with Crippen LogP contribution in [0.3, 0.4) is 0 Å². The normalized spacial score (nSPS) is 20.3. The number of carbonyl (C=O) groups excluding carboxylic acids is 1. The van der Waals surface area contributed by atoms with Crippen molar-refractivity contribution in [3.05, 3.63) is 24.3 Å².